The summed E-state index contributed by atoms with van der Waals surface area (Å²) >= 11 is 0. The lowest BCUT2D eigenvalue weighted by Crippen LogP contribution is -2.34. The Hall–Kier alpha value is -1.60. The van der Waals surface area contributed by atoms with Crippen LogP contribution in [-0.2, 0) is 24.1 Å². The van der Waals surface area contributed by atoms with E-state index >= 15 is 0 Å². The maximum absolute atomic E-state index is 12.4. The molecule has 0 radical (unpaired) electrons. The number of nitrogens with zero attached hydrogens (tertiary/aromatic N) is 4. The Morgan fingerprint density at radius 1 is 1.27 bits per heavy atom. The molecule has 1 aromatic rings. The molecule has 0 spiro atoms. The summed E-state index contributed by atoms with van der Waals surface area (Å²) in [6.07, 6.45) is -3.90. The van der Waals surface area contributed by atoms with Gasteiger partial charge in [0.05, 0.1) is 6.54 Å². The van der Waals surface area contributed by atoms with Crippen LogP contribution in [0.1, 0.15) is 11.6 Å². The molecule has 2 heterocycles. The van der Waals surface area contributed by atoms with Gasteiger partial charge in [0.2, 0.25) is 12.2 Å². The number of fused-ring (bicyclic) bond motifs is 1. The molecule has 1 aliphatic rings. The smallest absolute Gasteiger partial charge is 0.336 e. The number of alkyl halides is 3. The van der Waals surface area contributed by atoms with Gasteiger partial charge < -0.3 is 9.47 Å². The third-order valence-corrected chi connectivity index (χ3v) is 2.19. The number of halogens is 3. The van der Waals surface area contributed by atoms with E-state index in [1.807, 2.05) is 0 Å². The van der Waals surface area contributed by atoms with E-state index < -0.39 is 12.0 Å². The first-order valence-corrected chi connectivity index (χ1v) is 4.21. The second kappa shape index (κ2) is 3.21. The number of hydrogen-bond donors (Lipinski definition) is 0. The molecular weight excluding hydrogens is 213 g/mol. The monoisotopic (exact) mass is 220 g/mol. The van der Waals surface area contributed by atoms with Crippen molar-refractivity contribution in [3.8, 4) is 0 Å². The Balaban J connectivity index is 2.34. The van der Waals surface area contributed by atoms with E-state index in [1.54, 1.807) is 0 Å². The van der Waals surface area contributed by atoms with E-state index in [4.69, 9.17) is 0 Å². The molecule has 0 atom stereocenters. The molecule has 0 saturated heterocycles. The van der Waals surface area contributed by atoms with Crippen molar-refractivity contribution in [3.05, 3.63) is 11.6 Å². The van der Waals surface area contributed by atoms with Gasteiger partial charge in [0, 0.05) is 13.1 Å². The Bertz CT molecular complexity index is 386. The van der Waals surface area contributed by atoms with Crippen molar-refractivity contribution in [1.82, 2.24) is 19.7 Å². The number of aromatic nitrogens is 3. The van der Waals surface area contributed by atoms with Crippen LogP contribution in [0.4, 0.5) is 13.2 Å². The highest BCUT2D eigenvalue weighted by Gasteiger charge is 2.39. The first kappa shape index (κ1) is 9.94. The molecule has 0 N–H and O–H groups in total. The predicted octanol–water partition coefficient (Wildman–Crippen LogP) is 0.269. The van der Waals surface area contributed by atoms with Crippen molar-refractivity contribution in [2.45, 2.75) is 19.3 Å². The van der Waals surface area contributed by atoms with Crippen molar-refractivity contribution >= 4 is 6.41 Å². The predicted molar refractivity (Wildman–Crippen MR) is 41.5 cm³/mol. The lowest BCUT2D eigenvalue weighted by Gasteiger charge is -2.24. The van der Waals surface area contributed by atoms with Gasteiger partial charge in [0.15, 0.2) is 5.82 Å². The molecule has 0 aliphatic carbocycles. The summed E-state index contributed by atoms with van der Waals surface area (Å²) in [6, 6.07) is 0. The van der Waals surface area contributed by atoms with E-state index in [-0.39, 0.29) is 25.5 Å². The minimum atomic E-state index is -4.49. The zero-order valence-corrected chi connectivity index (χ0v) is 7.53. The molecule has 0 bridgehead atoms. The molecule has 0 fully saturated rings. The molecule has 1 amide bonds. The van der Waals surface area contributed by atoms with Gasteiger partial charge in [0.25, 0.3) is 0 Å². The van der Waals surface area contributed by atoms with Crippen molar-refractivity contribution in [3.63, 3.8) is 0 Å². The number of carbonyl (C=O) groups excluding carboxylic acids is 1. The van der Waals surface area contributed by atoms with Crippen molar-refractivity contribution in [2.24, 2.45) is 0 Å². The molecular formula is C7H7F3N4O. The number of rotatable bonds is 1. The van der Waals surface area contributed by atoms with Crippen LogP contribution in [0.15, 0.2) is 0 Å². The molecule has 0 unspecified atom stereocenters. The summed E-state index contributed by atoms with van der Waals surface area (Å²) in [5.41, 5.74) is 0. The van der Waals surface area contributed by atoms with Gasteiger partial charge in [-0.25, -0.2) is 0 Å². The normalized spacial score (nSPS) is 16.3. The molecule has 82 valence electrons. The highest BCUT2D eigenvalue weighted by molar-refractivity contribution is 5.47. The average molecular weight is 220 g/mol. The third-order valence-electron chi connectivity index (χ3n) is 2.19. The molecule has 5 nitrogen and oxygen atoms in total. The highest BCUT2D eigenvalue weighted by Crippen LogP contribution is 2.29. The van der Waals surface area contributed by atoms with E-state index in [2.05, 4.69) is 10.2 Å². The van der Waals surface area contributed by atoms with Gasteiger partial charge in [-0.15, -0.1) is 10.2 Å². The van der Waals surface area contributed by atoms with Crippen LogP contribution >= 0.6 is 0 Å². The third kappa shape index (κ3) is 1.66. The van der Waals surface area contributed by atoms with Crippen molar-refractivity contribution in [1.29, 1.82) is 0 Å². The van der Waals surface area contributed by atoms with Gasteiger partial charge in [-0.3, -0.25) is 4.79 Å². The molecule has 0 aromatic carbocycles. The van der Waals surface area contributed by atoms with Crippen LogP contribution in [0, 0.1) is 0 Å². The minimum Gasteiger partial charge on any atom is -0.336 e. The Morgan fingerprint density at radius 3 is 2.60 bits per heavy atom. The highest BCUT2D eigenvalue weighted by atomic mass is 19.4. The van der Waals surface area contributed by atoms with Crippen molar-refractivity contribution in [2.75, 3.05) is 6.54 Å². The number of carbonyl (C=O) groups is 1. The Kier molecular flexibility index (Phi) is 2.13. The molecule has 1 aliphatic heterocycles. The van der Waals surface area contributed by atoms with Crippen LogP contribution in [-0.4, -0.2) is 32.6 Å². The first-order chi connectivity index (χ1) is 7.02. The van der Waals surface area contributed by atoms with Crippen LogP contribution in [0.3, 0.4) is 0 Å². The molecule has 1 aromatic heterocycles. The van der Waals surface area contributed by atoms with E-state index in [1.165, 1.54) is 4.90 Å². The SMILES string of the molecule is O=CN1CCn2c(nnc2C(F)(F)F)C1. The fraction of sp³-hybridized carbons (Fsp3) is 0.571. The zero-order chi connectivity index (χ0) is 11.1. The molecule has 2 rings (SSSR count). The van der Waals surface area contributed by atoms with Gasteiger partial charge in [0.1, 0.15) is 0 Å². The molecule has 8 heteroatoms. The Morgan fingerprint density at radius 2 is 2.00 bits per heavy atom. The summed E-state index contributed by atoms with van der Waals surface area (Å²) in [5, 5.41) is 6.50. The maximum atomic E-state index is 12.4. The standard InChI is InChI=1S/C7H7F3N4O/c8-7(9,10)6-12-11-5-3-13(4-15)1-2-14(5)6/h4H,1-3H2. The maximum Gasteiger partial charge on any atom is 0.451 e. The minimum absolute atomic E-state index is 0.0760. The number of hydrogen-bond acceptors (Lipinski definition) is 3. The average Bonchev–Trinajstić information content (AvgIpc) is 2.59. The second-order valence-electron chi connectivity index (χ2n) is 3.17. The summed E-state index contributed by atoms with van der Waals surface area (Å²) in [7, 11) is 0. The summed E-state index contributed by atoms with van der Waals surface area (Å²) in [4.78, 5) is 11.8. The molecule has 0 saturated carbocycles. The largest absolute Gasteiger partial charge is 0.451 e. The lowest BCUT2D eigenvalue weighted by atomic mass is 10.3. The second-order valence-corrected chi connectivity index (χ2v) is 3.17. The fourth-order valence-electron chi connectivity index (χ4n) is 1.48. The van der Waals surface area contributed by atoms with Gasteiger partial charge in [-0.05, 0) is 0 Å². The van der Waals surface area contributed by atoms with Gasteiger partial charge in [-0.1, -0.05) is 0 Å². The molecule has 15 heavy (non-hydrogen) atoms. The van der Waals surface area contributed by atoms with Crippen LogP contribution in [0.2, 0.25) is 0 Å². The summed E-state index contributed by atoms with van der Waals surface area (Å²) in [6.45, 7) is 0.403. The Labute approximate surface area is 82.5 Å². The van der Waals surface area contributed by atoms with E-state index in [9.17, 15) is 18.0 Å². The topological polar surface area (TPSA) is 51.0 Å². The van der Waals surface area contributed by atoms with Crippen molar-refractivity contribution < 1.29 is 18.0 Å². The number of amides is 1. The van der Waals surface area contributed by atoms with E-state index in [0.717, 1.165) is 4.57 Å². The van der Waals surface area contributed by atoms with Crippen LogP contribution < -0.4 is 0 Å². The summed E-state index contributed by atoms with van der Waals surface area (Å²) < 4.78 is 38.1. The van der Waals surface area contributed by atoms with E-state index in [0.29, 0.717) is 6.41 Å². The van der Waals surface area contributed by atoms with Crippen LogP contribution in [0.25, 0.3) is 0 Å². The lowest BCUT2D eigenvalue weighted by molar-refractivity contribution is -0.148. The summed E-state index contributed by atoms with van der Waals surface area (Å²) in [5.74, 6) is -0.830. The first-order valence-electron chi connectivity index (χ1n) is 4.21. The quantitative estimate of drug-likeness (QED) is 0.638. The van der Waals surface area contributed by atoms with Crippen LogP contribution in [0.5, 0.6) is 0 Å². The van der Waals surface area contributed by atoms with Gasteiger partial charge >= 0.3 is 6.18 Å². The van der Waals surface area contributed by atoms with Gasteiger partial charge in [-0.2, -0.15) is 13.2 Å². The fourth-order valence-corrected chi connectivity index (χ4v) is 1.48. The zero-order valence-electron chi connectivity index (χ0n) is 7.53.